The third-order valence-electron chi connectivity index (χ3n) is 5.15. The molecule has 4 aliphatic rings. The summed E-state index contributed by atoms with van der Waals surface area (Å²) >= 11 is 0. The van der Waals surface area contributed by atoms with Gasteiger partial charge in [-0.05, 0) is 27.2 Å². The lowest BCUT2D eigenvalue weighted by atomic mass is 9.91. The van der Waals surface area contributed by atoms with Crippen LogP contribution in [0, 0.1) is 0 Å². The molecule has 0 aromatic heterocycles. The van der Waals surface area contributed by atoms with E-state index in [0.29, 0.717) is 12.8 Å². The lowest BCUT2D eigenvalue weighted by Gasteiger charge is -2.47. The molecule has 146 valence electrons. The second-order valence-corrected chi connectivity index (χ2v) is 8.08. The monoisotopic (exact) mass is 364 g/mol. The molecule has 0 saturated carbocycles. The van der Waals surface area contributed by atoms with Crippen molar-refractivity contribution in [2.24, 2.45) is 0 Å². The number of ether oxygens (including phenoxy) is 4. The van der Waals surface area contributed by atoms with Crippen LogP contribution in [0.5, 0.6) is 0 Å². The fraction of sp³-hybridized carbons (Fsp3) is 1.00. The molecule has 4 heterocycles. The maximum absolute atomic E-state index is 10.7. The van der Waals surface area contributed by atoms with E-state index in [4.69, 9.17) is 18.9 Å². The highest BCUT2D eigenvalue weighted by molar-refractivity contribution is 4.99. The molecule has 9 nitrogen and oxygen atoms in total. The zero-order chi connectivity index (χ0) is 18.6. The first-order chi connectivity index (χ1) is 11.5. The topological polar surface area (TPSA) is 138 Å². The summed E-state index contributed by atoms with van der Waals surface area (Å²) in [7, 11) is 0. The Morgan fingerprint density at radius 3 is 2.36 bits per heavy atom. The number of hydrogen-bond donors (Lipinski definition) is 5. The van der Waals surface area contributed by atoms with Crippen molar-refractivity contribution in [3.05, 3.63) is 0 Å². The zero-order valence-corrected chi connectivity index (χ0v) is 14.7. The Labute approximate surface area is 146 Å². The van der Waals surface area contributed by atoms with E-state index in [-0.39, 0.29) is 6.42 Å². The zero-order valence-electron chi connectivity index (χ0n) is 14.7. The maximum atomic E-state index is 10.7. The molecule has 25 heavy (non-hydrogen) atoms. The smallest absolute Gasteiger partial charge is 0.192 e. The Morgan fingerprint density at radius 2 is 1.72 bits per heavy atom. The lowest BCUT2D eigenvalue weighted by Crippen LogP contribution is -2.62. The van der Waals surface area contributed by atoms with Crippen LogP contribution in [-0.2, 0) is 18.9 Å². The Hall–Kier alpha value is -0.360. The molecule has 0 aromatic rings. The van der Waals surface area contributed by atoms with Gasteiger partial charge >= 0.3 is 0 Å². The van der Waals surface area contributed by atoms with Crippen LogP contribution in [0.4, 0.5) is 0 Å². The van der Waals surface area contributed by atoms with Crippen LogP contribution in [0.3, 0.4) is 0 Å². The van der Waals surface area contributed by atoms with Gasteiger partial charge in [-0.1, -0.05) is 0 Å². The number of fused-ring (bicyclic) bond motifs is 4. The predicted molar refractivity (Wildman–Crippen MR) is 82.1 cm³/mol. The SMILES string of the molecule is CC1(C)CC2(O)CCC(C)(O1)C(OC1OC(CO)C(O)C(O)C1O)O2. The van der Waals surface area contributed by atoms with E-state index < -0.39 is 60.6 Å². The van der Waals surface area contributed by atoms with Gasteiger partial charge in [-0.2, -0.15) is 0 Å². The van der Waals surface area contributed by atoms with E-state index in [1.807, 2.05) is 13.8 Å². The first-order valence-electron chi connectivity index (χ1n) is 8.55. The Morgan fingerprint density at radius 1 is 1.04 bits per heavy atom. The van der Waals surface area contributed by atoms with Crippen molar-refractivity contribution in [2.45, 2.75) is 94.0 Å². The van der Waals surface area contributed by atoms with Crippen molar-refractivity contribution in [1.29, 1.82) is 0 Å². The van der Waals surface area contributed by atoms with Crippen LogP contribution < -0.4 is 0 Å². The molecular formula is C16H28O9. The highest BCUT2D eigenvalue weighted by Gasteiger charge is 2.58. The average molecular weight is 364 g/mol. The van der Waals surface area contributed by atoms with E-state index in [9.17, 15) is 25.5 Å². The van der Waals surface area contributed by atoms with Crippen molar-refractivity contribution < 1.29 is 44.5 Å². The standard InChI is InChI=1S/C16H28O9/c1-14(2)7-16(21)5-4-15(3,25-14)13(24-16)23-12-11(20)10(19)9(18)8(6-17)22-12/h8-13,17-21H,4-7H2,1-3H3. The second kappa shape index (κ2) is 6.36. The van der Waals surface area contributed by atoms with Crippen LogP contribution in [0.2, 0.25) is 0 Å². The summed E-state index contributed by atoms with van der Waals surface area (Å²) in [5.74, 6) is -1.43. The highest BCUT2D eigenvalue weighted by Crippen LogP contribution is 2.48. The van der Waals surface area contributed by atoms with Gasteiger partial charge in [-0.3, -0.25) is 0 Å². The summed E-state index contributed by atoms with van der Waals surface area (Å²) in [5, 5.41) is 49.8. The van der Waals surface area contributed by atoms with Gasteiger partial charge in [0.1, 0.15) is 30.0 Å². The number of aliphatic hydroxyl groups excluding tert-OH is 4. The quantitative estimate of drug-likeness (QED) is 0.409. The molecule has 8 atom stereocenters. The molecule has 0 aliphatic carbocycles. The minimum absolute atomic E-state index is 0.254. The molecule has 9 heteroatoms. The van der Waals surface area contributed by atoms with Gasteiger partial charge in [0.2, 0.25) is 0 Å². The largest absolute Gasteiger partial charge is 0.394 e. The van der Waals surface area contributed by atoms with Gasteiger partial charge < -0.3 is 44.5 Å². The van der Waals surface area contributed by atoms with E-state index in [1.165, 1.54) is 0 Å². The van der Waals surface area contributed by atoms with Gasteiger partial charge in [0.15, 0.2) is 18.4 Å². The fourth-order valence-corrected chi connectivity index (χ4v) is 3.98. The third-order valence-corrected chi connectivity index (χ3v) is 5.15. The molecule has 5 N–H and O–H groups in total. The molecule has 0 spiro atoms. The van der Waals surface area contributed by atoms with Crippen molar-refractivity contribution in [3.8, 4) is 0 Å². The van der Waals surface area contributed by atoms with E-state index in [1.54, 1.807) is 6.92 Å². The molecule has 0 radical (unpaired) electrons. The first-order valence-corrected chi connectivity index (χ1v) is 8.55. The van der Waals surface area contributed by atoms with Crippen LogP contribution >= 0.6 is 0 Å². The highest BCUT2D eigenvalue weighted by atomic mass is 16.8. The van der Waals surface area contributed by atoms with Crippen molar-refractivity contribution in [2.75, 3.05) is 6.61 Å². The molecule has 4 aliphatic heterocycles. The third kappa shape index (κ3) is 3.58. The molecule has 0 amide bonds. The molecular weight excluding hydrogens is 336 g/mol. The molecule has 8 unspecified atom stereocenters. The summed E-state index contributed by atoms with van der Waals surface area (Å²) in [6.45, 7) is 4.93. The predicted octanol–water partition coefficient (Wildman–Crippen LogP) is -1.41. The van der Waals surface area contributed by atoms with E-state index in [0.717, 1.165) is 0 Å². The Kier molecular flexibility index (Phi) is 4.94. The van der Waals surface area contributed by atoms with E-state index in [2.05, 4.69) is 0 Å². The van der Waals surface area contributed by atoms with Gasteiger partial charge in [0, 0.05) is 12.8 Å². The van der Waals surface area contributed by atoms with Crippen LogP contribution in [0.15, 0.2) is 0 Å². The summed E-state index contributed by atoms with van der Waals surface area (Å²) in [4.78, 5) is 0. The normalized spacial score (nSPS) is 52.8. The molecule has 2 bridgehead atoms. The van der Waals surface area contributed by atoms with Crippen molar-refractivity contribution in [3.63, 3.8) is 0 Å². The summed E-state index contributed by atoms with van der Waals surface area (Å²) < 4.78 is 22.9. The minimum atomic E-state index is -1.55. The molecule has 0 aromatic carbocycles. The summed E-state index contributed by atoms with van der Waals surface area (Å²) in [6, 6.07) is 0. The lowest BCUT2D eigenvalue weighted by molar-refractivity contribution is -0.401. The first kappa shape index (κ1) is 19.4. The van der Waals surface area contributed by atoms with Gasteiger partial charge in [0.05, 0.1) is 12.2 Å². The van der Waals surface area contributed by atoms with Crippen LogP contribution in [0.1, 0.15) is 40.0 Å². The fourth-order valence-electron chi connectivity index (χ4n) is 3.98. The Bertz CT molecular complexity index is 498. The number of aliphatic hydroxyl groups is 5. The van der Waals surface area contributed by atoms with Gasteiger partial charge in [-0.25, -0.2) is 0 Å². The van der Waals surface area contributed by atoms with Gasteiger partial charge in [-0.15, -0.1) is 0 Å². The van der Waals surface area contributed by atoms with Crippen molar-refractivity contribution in [1.82, 2.24) is 0 Å². The van der Waals surface area contributed by atoms with E-state index >= 15 is 0 Å². The van der Waals surface area contributed by atoms with Gasteiger partial charge in [0.25, 0.3) is 0 Å². The second-order valence-electron chi connectivity index (χ2n) is 8.08. The van der Waals surface area contributed by atoms with Crippen molar-refractivity contribution >= 4 is 0 Å². The van der Waals surface area contributed by atoms with Crippen LogP contribution in [-0.4, -0.2) is 86.1 Å². The summed E-state index contributed by atoms with van der Waals surface area (Å²) in [5.41, 5.74) is -1.54. The molecule has 4 saturated heterocycles. The molecule has 4 rings (SSSR count). The average Bonchev–Trinajstić information content (AvgIpc) is 2.65. The number of hydrogen-bond acceptors (Lipinski definition) is 9. The number of rotatable bonds is 3. The molecule has 4 fully saturated rings. The van der Waals surface area contributed by atoms with Crippen LogP contribution in [0.25, 0.3) is 0 Å². The maximum Gasteiger partial charge on any atom is 0.192 e. The Balaban J connectivity index is 1.80. The summed E-state index contributed by atoms with van der Waals surface area (Å²) in [6.07, 6.45) is -6.97. The minimum Gasteiger partial charge on any atom is -0.394 e.